The summed E-state index contributed by atoms with van der Waals surface area (Å²) < 4.78 is 24.3. The summed E-state index contributed by atoms with van der Waals surface area (Å²) in [7, 11) is -3.13. The van der Waals surface area contributed by atoms with Crippen molar-refractivity contribution in [2.75, 3.05) is 27.5 Å². The highest BCUT2D eigenvalue weighted by atomic mass is 35.5. The Bertz CT molecular complexity index is 1110. The molecule has 1 saturated heterocycles. The number of carbonyl (C=O) groups excluding carboxylic acids is 1. The lowest BCUT2D eigenvalue weighted by atomic mass is 10.1. The van der Waals surface area contributed by atoms with Crippen LogP contribution in [0.15, 0.2) is 47.5 Å². The highest BCUT2D eigenvalue weighted by Gasteiger charge is 2.47. The third-order valence-electron chi connectivity index (χ3n) is 5.27. The highest BCUT2D eigenvalue weighted by Crippen LogP contribution is 2.36. The summed E-state index contributed by atoms with van der Waals surface area (Å²) in [5.74, 6) is 0.131. The van der Waals surface area contributed by atoms with Crippen molar-refractivity contribution in [3.8, 4) is 0 Å². The summed E-state index contributed by atoms with van der Waals surface area (Å²) in [5, 5.41) is 4.19. The number of halogens is 1. The number of benzene rings is 2. The molecule has 0 aromatic heterocycles. The fourth-order valence-corrected chi connectivity index (χ4v) is 6.83. The second-order valence-electron chi connectivity index (χ2n) is 7.58. The third-order valence-corrected chi connectivity index (χ3v) is 8.17. The second-order valence-corrected chi connectivity index (χ2v) is 11.1. The third kappa shape index (κ3) is 4.36. The molecule has 2 heterocycles. The molecular weight excluding hydrogens is 442 g/mol. The molecule has 1 amide bonds. The van der Waals surface area contributed by atoms with Gasteiger partial charge in [0.05, 0.1) is 29.3 Å². The molecule has 4 rings (SSSR count). The Balaban J connectivity index is 1.52. The Kier molecular flexibility index (Phi) is 5.83. The molecule has 2 aliphatic rings. The molecule has 158 valence electrons. The first kappa shape index (κ1) is 21.2. The van der Waals surface area contributed by atoms with E-state index in [9.17, 15) is 13.2 Å². The number of amidine groups is 1. The van der Waals surface area contributed by atoms with Gasteiger partial charge in [-0.1, -0.05) is 47.6 Å². The van der Waals surface area contributed by atoms with Crippen molar-refractivity contribution >= 4 is 55.6 Å². The molecule has 0 radical (unpaired) electrons. The van der Waals surface area contributed by atoms with Gasteiger partial charge in [0.25, 0.3) is 0 Å². The molecule has 9 heteroatoms. The van der Waals surface area contributed by atoms with Gasteiger partial charge in [0.1, 0.15) is 0 Å². The van der Waals surface area contributed by atoms with E-state index in [-0.39, 0.29) is 35.2 Å². The molecule has 6 nitrogen and oxygen atoms in total. The van der Waals surface area contributed by atoms with Crippen molar-refractivity contribution in [2.45, 2.75) is 25.9 Å². The van der Waals surface area contributed by atoms with Crippen molar-refractivity contribution in [1.29, 1.82) is 0 Å². The van der Waals surface area contributed by atoms with Crippen LogP contribution in [0.1, 0.15) is 11.1 Å². The minimum Gasteiger partial charge on any atom is -0.325 e. The van der Waals surface area contributed by atoms with Crippen LogP contribution < -0.4 is 10.2 Å². The Morgan fingerprint density at radius 2 is 1.90 bits per heavy atom. The summed E-state index contributed by atoms with van der Waals surface area (Å²) in [4.78, 5) is 19.2. The van der Waals surface area contributed by atoms with Crippen LogP contribution in [0, 0.1) is 13.8 Å². The van der Waals surface area contributed by atoms with Crippen LogP contribution in [0.25, 0.3) is 0 Å². The molecule has 0 unspecified atom stereocenters. The van der Waals surface area contributed by atoms with Crippen molar-refractivity contribution in [1.82, 2.24) is 0 Å². The highest BCUT2D eigenvalue weighted by molar-refractivity contribution is 8.14. The summed E-state index contributed by atoms with van der Waals surface area (Å²) in [6.45, 7) is 3.92. The van der Waals surface area contributed by atoms with E-state index >= 15 is 0 Å². The minimum absolute atomic E-state index is 0.0351. The van der Waals surface area contributed by atoms with Crippen LogP contribution in [-0.2, 0) is 14.6 Å². The lowest BCUT2D eigenvalue weighted by Crippen LogP contribution is -2.39. The van der Waals surface area contributed by atoms with Crippen molar-refractivity contribution in [2.24, 2.45) is 4.99 Å². The van der Waals surface area contributed by atoms with E-state index in [2.05, 4.69) is 10.3 Å². The number of anilines is 2. The van der Waals surface area contributed by atoms with E-state index in [1.54, 1.807) is 12.1 Å². The fourth-order valence-electron chi connectivity index (χ4n) is 3.88. The van der Waals surface area contributed by atoms with E-state index in [1.165, 1.54) is 11.8 Å². The molecule has 2 aromatic rings. The number of fused-ring (bicyclic) bond motifs is 1. The average molecular weight is 464 g/mol. The predicted molar refractivity (Wildman–Crippen MR) is 125 cm³/mol. The van der Waals surface area contributed by atoms with Gasteiger partial charge in [-0.05, 0) is 43.2 Å². The number of hydrogen-bond acceptors (Lipinski definition) is 6. The summed E-state index contributed by atoms with van der Waals surface area (Å²) in [5.41, 5.74) is 3.62. The van der Waals surface area contributed by atoms with E-state index < -0.39 is 9.84 Å². The van der Waals surface area contributed by atoms with Gasteiger partial charge in [-0.25, -0.2) is 8.42 Å². The minimum atomic E-state index is -3.13. The molecular formula is C21H22ClN3O3S2. The normalized spacial score (nSPS) is 22.0. The summed E-state index contributed by atoms with van der Waals surface area (Å²) in [6.07, 6.45) is 0. The molecule has 0 aliphatic carbocycles. The molecule has 1 fully saturated rings. The standard InChI is InChI=1S/C21H22ClN3O3S2/c1-13-5-3-6-14(2)20(13)24-19(26)10-29-21-23-17-11-30(27,28)12-18(17)25(21)16-8-4-7-15(22)9-16/h3-9,17-18H,10-12H2,1-2H3,(H,24,26)/t17-,18-/m1/s1. The zero-order valence-corrected chi connectivity index (χ0v) is 19.0. The number of rotatable bonds is 4. The zero-order chi connectivity index (χ0) is 21.5. The van der Waals surface area contributed by atoms with Gasteiger partial charge in [-0.2, -0.15) is 0 Å². The van der Waals surface area contributed by atoms with E-state index in [4.69, 9.17) is 11.6 Å². The number of carbonyl (C=O) groups is 1. The molecule has 0 spiro atoms. The van der Waals surface area contributed by atoms with Crippen LogP contribution in [0.4, 0.5) is 11.4 Å². The number of aryl methyl sites for hydroxylation is 2. The largest absolute Gasteiger partial charge is 0.325 e. The monoisotopic (exact) mass is 463 g/mol. The number of nitrogens with one attached hydrogen (secondary N) is 1. The number of amides is 1. The van der Waals surface area contributed by atoms with E-state index in [0.29, 0.717) is 10.2 Å². The van der Waals surface area contributed by atoms with Gasteiger partial charge in [-0.3, -0.25) is 9.79 Å². The van der Waals surface area contributed by atoms with Crippen molar-refractivity contribution in [3.05, 3.63) is 58.6 Å². The van der Waals surface area contributed by atoms with Gasteiger partial charge >= 0.3 is 0 Å². The van der Waals surface area contributed by atoms with Crippen LogP contribution in [0.5, 0.6) is 0 Å². The lowest BCUT2D eigenvalue weighted by molar-refractivity contribution is -0.113. The SMILES string of the molecule is Cc1cccc(C)c1NC(=O)CSC1=N[C@@H]2CS(=O)(=O)C[C@H]2N1c1cccc(Cl)c1. The first-order valence-corrected chi connectivity index (χ1v) is 12.7. The predicted octanol–water partition coefficient (Wildman–Crippen LogP) is 3.67. The van der Waals surface area contributed by atoms with Crippen molar-refractivity contribution in [3.63, 3.8) is 0 Å². The van der Waals surface area contributed by atoms with Crippen LogP contribution in [0.3, 0.4) is 0 Å². The molecule has 30 heavy (non-hydrogen) atoms. The zero-order valence-electron chi connectivity index (χ0n) is 16.6. The maximum atomic E-state index is 12.6. The van der Waals surface area contributed by atoms with Gasteiger partial charge in [-0.15, -0.1) is 0 Å². The van der Waals surface area contributed by atoms with Gasteiger partial charge in [0.15, 0.2) is 15.0 Å². The van der Waals surface area contributed by atoms with Gasteiger partial charge < -0.3 is 10.2 Å². The molecule has 0 bridgehead atoms. The Morgan fingerprint density at radius 3 is 2.60 bits per heavy atom. The van der Waals surface area contributed by atoms with Crippen molar-refractivity contribution < 1.29 is 13.2 Å². The number of nitrogens with zero attached hydrogens (tertiary/aromatic N) is 2. The van der Waals surface area contributed by atoms with E-state index in [0.717, 1.165) is 22.5 Å². The van der Waals surface area contributed by atoms with E-state index in [1.807, 2.05) is 49.1 Å². The van der Waals surface area contributed by atoms with Crippen LogP contribution in [-0.4, -0.2) is 48.8 Å². The molecule has 2 atom stereocenters. The molecule has 1 N–H and O–H groups in total. The fraction of sp³-hybridized carbons (Fsp3) is 0.333. The summed E-state index contributed by atoms with van der Waals surface area (Å²) in [6, 6.07) is 12.6. The first-order chi connectivity index (χ1) is 14.2. The Labute approximate surface area is 185 Å². The lowest BCUT2D eigenvalue weighted by Gasteiger charge is -2.26. The number of para-hydroxylation sites is 1. The Hall–Kier alpha value is -2.03. The molecule has 2 aliphatic heterocycles. The van der Waals surface area contributed by atoms with Gasteiger partial charge in [0.2, 0.25) is 5.91 Å². The number of thioether (sulfide) groups is 1. The summed E-state index contributed by atoms with van der Waals surface area (Å²) >= 11 is 7.48. The Morgan fingerprint density at radius 1 is 1.20 bits per heavy atom. The van der Waals surface area contributed by atoms with Crippen LogP contribution in [0.2, 0.25) is 5.02 Å². The number of hydrogen-bond donors (Lipinski definition) is 1. The number of sulfone groups is 1. The molecule has 0 saturated carbocycles. The first-order valence-electron chi connectivity index (χ1n) is 9.55. The van der Waals surface area contributed by atoms with Crippen LogP contribution >= 0.6 is 23.4 Å². The quantitative estimate of drug-likeness (QED) is 0.748. The maximum Gasteiger partial charge on any atom is 0.234 e. The maximum absolute atomic E-state index is 12.6. The smallest absolute Gasteiger partial charge is 0.234 e. The number of aliphatic imine (C=N–C) groups is 1. The van der Waals surface area contributed by atoms with Gasteiger partial charge in [0, 0.05) is 16.4 Å². The molecule has 2 aromatic carbocycles. The topological polar surface area (TPSA) is 78.8 Å². The second kappa shape index (κ2) is 8.24. The average Bonchev–Trinajstić information content (AvgIpc) is 3.14.